The predicted octanol–water partition coefficient (Wildman–Crippen LogP) is 0.682. The number of carbonyl (C=O) groups excluding carboxylic acids is 1. The number of rotatable bonds is 4. The molecule has 0 aromatic heterocycles. The Kier molecular flexibility index (Phi) is 4.04. The highest BCUT2D eigenvalue weighted by Crippen LogP contribution is 2.30. The van der Waals surface area contributed by atoms with Gasteiger partial charge in [-0.1, -0.05) is 6.07 Å². The van der Waals surface area contributed by atoms with Gasteiger partial charge in [0.05, 0.1) is 6.04 Å². The smallest absolute Gasteiger partial charge is 0.237 e. The molecule has 2 N–H and O–H groups in total. The van der Waals surface area contributed by atoms with Gasteiger partial charge in [-0.3, -0.25) is 4.79 Å². The van der Waals surface area contributed by atoms with Gasteiger partial charge < -0.3 is 20.1 Å². The topological polar surface area (TPSA) is 59.6 Å². The Balaban J connectivity index is 1.96. The van der Waals surface area contributed by atoms with E-state index >= 15 is 0 Å². The number of nitrogens with one attached hydrogen (secondary N) is 2. The molecule has 0 saturated carbocycles. The summed E-state index contributed by atoms with van der Waals surface area (Å²) in [5, 5.41) is 5.75. The lowest BCUT2D eigenvalue weighted by molar-refractivity contribution is -0.122. The van der Waals surface area contributed by atoms with Crippen molar-refractivity contribution < 1.29 is 14.3 Å². The van der Waals surface area contributed by atoms with Crippen molar-refractivity contribution in [2.24, 2.45) is 0 Å². The number of carbonyl (C=O) groups is 1. The first-order chi connectivity index (χ1) is 8.70. The van der Waals surface area contributed by atoms with E-state index in [1.807, 2.05) is 25.1 Å². The van der Waals surface area contributed by atoms with Crippen molar-refractivity contribution in [3.63, 3.8) is 0 Å². The minimum atomic E-state index is -0.192. The average molecular weight is 250 g/mol. The van der Waals surface area contributed by atoms with Crippen LogP contribution < -0.4 is 20.1 Å². The van der Waals surface area contributed by atoms with E-state index in [-0.39, 0.29) is 11.9 Å². The number of ether oxygens (including phenoxy) is 2. The Bertz CT molecular complexity index is 434. The van der Waals surface area contributed by atoms with Gasteiger partial charge in [0.1, 0.15) is 13.2 Å². The molecule has 5 heteroatoms. The van der Waals surface area contributed by atoms with Crippen LogP contribution in [0.5, 0.6) is 11.5 Å². The molecule has 0 bridgehead atoms. The number of hydrogen-bond acceptors (Lipinski definition) is 4. The molecule has 0 saturated heterocycles. The molecule has 1 aromatic carbocycles. The molecule has 1 amide bonds. The maximum absolute atomic E-state index is 11.6. The molecule has 98 valence electrons. The van der Waals surface area contributed by atoms with Crippen molar-refractivity contribution in [2.75, 3.05) is 20.3 Å². The van der Waals surface area contributed by atoms with E-state index in [9.17, 15) is 4.79 Å². The second-order valence-electron chi connectivity index (χ2n) is 4.21. The van der Waals surface area contributed by atoms with Crippen molar-refractivity contribution in [2.45, 2.75) is 19.5 Å². The molecule has 1 aliphatic heterocycles. The lowest BCUT2D eigenvalue weighted by Gasteiger charge is -2.19. The van der Waals surface area contributed by atoms with E-state index in [4.69, 9.17) is 9.47 Å². The number of amides is 1. The van der Waals surface area contributed by atoms with Gasteiger partial charge in [0.2, 0.25) is 5.91 Å². The van der Waals surface area contributed by atoms with Crippen LogP contribution in [0.1, 0.15) is 12.5 Å². The van der Waals surface area contributed by atoms with Gasteiger partial charge in [-0.25, -0.2) is 0 Å². The largest absolute Gasteiger partial charge is 0.486 e. The van der Waals surface area contributed by atoms with Gasteiger partial charge >= 0.3 is 0 Å². The van der Waals surface area contributed by atoms with Crippen molar-refractivity contribution in [3.05, 3.63) is 23.8 Å². The van der Waals surface area contributed by atoms with Crippen LogP contribution in [0.4, 0.5) is 0 Å². The highest BCUT2D eigenvalue weighted by atomic mass is 16.6. The fraction of sp³-hybridized carbons (Fsp3) is 0.462. The Morgan fingerprint density at radius 2 is 2.06 bits per heavy atom. The highest BCUT2D eigenvalue weighted by molar-refractivity contribution is 5.81. The first kappa shape index (κ1) is 12.7. The molecule has 0 spiro atoms. The van der Waals surface area contributed by atoms with Crippen molar-refractivity contribution in [1.82, 2.24) is 10.6 Å². The zero-order valence-corrected chi connectivity index (χ0v) is 10.7. The minimum absolute atomic E-state index is 0.0209. The first-order valence-electron chi connectivity index (χ1n) is 6.04. The molecule has 1 unspecified atom stereocenters. The predicted molar refractivity (Wildman–Crippen MR) is 67.8 cm³/mol. The van der Waals surface area contributed by atoms with Crippen molar-refractivity contribution in [3.8, 4) is 11.5 Å². The maximum Gasteiger partial charge on any atom is 0.237 e. The number of fused-ring (bicyclic) bond motifs is 1. The van der Waals surface area contributed by atoms with Gasteiger partial charge in [-0.2, -0.15) is 0 Å². The van der Waals surface area contributed by atoms with Gasteiger partial charge in [-0.05, 0) is 31.7 Å². The Morgan fingerprint density at radius 1 is 1.33 bits per heavy atom. The summed E-state index contributed by atoms with van der Waals surface area (Å²) in [5.74, 6) is 1.49. The lowest BCUT2D eigenvalue weighted by atomic mass is 10.2. The summed E-state index contributed by atoms with van der Waals surface area (Å²) in [6.07, 6.45) is 0. The van der Waals surface area contributed by atoms with Crippen LogP contribution >= 0.6 is 0 Å². The Morgan fingerprint density at radius 3 is 2.78 bits per heavy atom. The van der Waals surface area contributed by atoms with Crippen molar-refractivity contribution >= 4 is 5.91 Å². The number of hydrogen-bond donors (Lipinski definition) is 2. The lowest BCUT2D eigenvalue weighted by Crippen LogP contribution is -2.39. The van der Waals surface area contributed by atoms with Crippen LogP contribution in [0.15, 0.2) is 18.2 Å². The van der Waals surface area contributed by atoms with Gasteiger partial charge in [0.15, 0.2) is 11.5 Å². The molecule has 18 heavy (non-hydrogen) atoms. The SMILES string of the molecule is CNC(C)C(=O)NCc1ccc2c(c1)OCCO2. The van der Waals surface area contributed by atoms with Crippen LogP contribution in [0.2, 0.25) is 0 Å². The van der Waals surface area contributed by atoms with E-state index < -0.39 is 0 Å². The zero-order chi connectivity index (χ0) is 13.0. The monoisotopic (exact) mass is 250 g/mol. The number of benzene rings is 1. The third-order valence-electron chi connectivity index (χ3n) is 2.90. The molecule has 1 heterocycles. The molecule has 2 rings (SSSR count). The van der Waals surface area contributed by atoms with Crippen LogP contribution in [0, 0.1) is 0 Å². The molecule has 1 aliphatic rings. The third-order valence-corrected chi connectivity index (χ3v) is 2.90. The second-order valence-corrected chi connectivity index (χ2v) is 4.21. The summed E-state index contributed by atoms with van der Waals surface area (Å²) >= 11 is 0. The van der Waals surface area contributed by atoms with E-state index in [0.29, 0.717) is 19.8 Å². The average Bonchev–Trinajstić information content (AvgIpc) is 2.43. The van der Waals surface area contributed by atoms with E-state index in [0.717, 1.165) is 17.1 Å². The van der Waals surface area contributed by atoms with E-state index in [1.54, 1.807) is 7.05 Å². The van der Waals surface area contributed by atoms with Crippen LogP contribution in [0.3, 0.4) is 0 Å². The zero-order valence-electron chi connectivity index (χ0n) is 10.7. The molecule has 1 atom stereocenters. The standard InChI is InChI=1S/C13H18N2O3/c1-9(14-2)13(16)15-8-10-3-4-11-12(7-10)18-6-5-17-11/h3-4,7,9,14H,5-6,8H2,1-2H3,(H,15,16). The third kappa shape index (κ3) is 2.92. The van der Waals surface area contributed by atoms with E-state index in [1.165, 1.54) is 0 Å². The fourth-order valence-corrected chi connectivity index (χ4v) is 1.67. The summed E-state index contributed by atoms with van der Waals surface area (Å²) in [4.78, 5) is 11.6. The summed E-state index contributed by atoms with van der Waals surface area (Å²) < 4.78 is 10.9. The van der Waals surface area contributed by atoms with Gasteiger partial charge in [0.25, 0.3) is 0 Å². The Labute approximate surface area is 106 Å². The molecule has 0 aliphatic carbocycles. The first-order valence-corrected chi connectivity index (χ1v) is 6.04. The van der Waals surface area contributed by atoms with Crippen LogP contribution in [0.25, 0.3) is 0 Å². The Hall–Kier alpha value is -1.75. The molecule has 0 radical (unpaired) electrons. The molecule has 5 nitrogen and oxygen atoms in total. The minimum Gasteiger partial charge on any atom is -0.486 e. The molecular formula is C13H18N2O3. The normalized spacial score (nSPS) is 15.0. The van der Waals surface area contributed by atoms with Crippen LogP contribution in [-0.4, -0.2) is 32.2 Å². The van der Waals surface area contributed by atoms with Gasteiger partial charge in [0, 0.05) is 6.54 Å². The second kappa shape index (κ2) is 5.73. The van der Waals surface area contributed by atoms with Gasteiger partial charge in [-0.15, -0.1) is 0 Å². The fourth-order valence-electron chi connectivity index (χ4n) is 1.67. The quantitative estimate of drug-likeness (QED) is 0.825. The summed E-state index contributed by atoms with van der Waals surface area (Å²) in [7, 11) is 1.76. The molecular weight excluding hydrogens is 232 g/mol. The summed E-state index contributed by atoms with van der Waals surface area (Å²) in [5.41, 5.74) is 0.996. The summed E-state index contributed by atoms with van der Waals surface area (Å²) in [6, 6.07) is 5.51. The van der Waals surface area contributed by atoms with E-state index in [2.05, 4.69) is 10.6 Å². The molecule has 0 fully saturated rings. The van der Waals surface area contributed by atoms with Crippen LogP contribution in [-0.2, 0) is 11.3 Å². The highest BCUT2D eigenvalue weighted by Gasteiger charge is 2.13. The van der Waals surface area contributed by atoms with Crippen molar-refractivity contribution in [1.29, 1.82) is 0 Å². The molecule has 1 aromatic rings. The number of likely N-dealkylation sites (N-methyl/N-ethyl adjacent to an activating group) is 1. The maximum atomic E-state index is 11.6. The summed E-state index contributed by atoms with van der Waals surface area (Å²) in [6.45, 7) is 3.46.